The van der Waals surface area contributed by atoms with Crippen LogP contribution in [0.2, 0.25) is 0 Å². The van der Waals surface area contributed by atoms with E-state index in [1.54, 1.807) is 0 Å². The van der Waals surface area contributed by atoms with Crippen molar-refractivity contribution >= 4 is 5.97 Å². The summed E-state index contributed by atoms with van der Waals surface area (Å²) in [5.41, 5.74) is -3.50. The quantitative estimate of drug-likeness (QED) is 0.730. The van der Waals surface area contributed by atoms with Gasteiger partial charge in [0.05, 0.1) is 9.68 Å². The molecule has 0 spiro atoms. The predicted molar refractivity (Wildman–Crippen MR) is 71.6 cm³/mol. The second-order valence-electron chi connectivity index (χ2n) is 4.49. The summed E-state index contributed by atoms with van der Waals surface area (Å²) in [6, 6.07) is -2.51. The standard InChI is InChI=1S/C15H7F7O4/c16-12-9(14(17,18)19)5-6-10(11(12)13(23)24)25-7-1-3-8(4-2-7)26-15(20,21)22/h1-6H,(H,23,24)/i1D,2D,3D. The van der Waals surface area contributed by atoms with Gasteiger partial charge in [0.1, 0.15) is 22.8 Å². The molecule has 0 saturated heterocycles. The average Bonchev–Trinajstić information content (AvgIpc) is 2.53. The predicted octanol–water partition coefficient (Wildman–Crippen LogP) is 5.23. The van der Waals surface area contributed by atoms with Crippen LogP contribution in [0.3, 0.4) is 0 Å². The minimum absolute atomic E-state index is 0.146. The van der Waals surface area contributed by atoms with E-state index in [1.807, 2.05) is 0 Å². The first-order valence-corrected chi connectivity index (χ1v) is 6.31. The van der Waals surface area contributed by atoms with Crippen molar-refractivity contribution in [2.75, 3.05) is 0 Å². The summed E-state index contributed by atoms with van der Waals surface area (Å²) in [6.45, 7) is 0. The number of carbonyl (C=O) groups is 1. The Hall–Kier alpha value is -2.98. The van der Waals surface area contributed by atoms with Gasteiger partial charge in [-0.2, -0.15) is 13.2 Å². The number of hydrogen-bond acceptors (Lipinski definition) is 3. The first-order valence-electron chi connectivity index (χ1n) is 7.81. The van der Waals surface area contributed by atoms with Gasteiger partial charge >= 0.3 is 18.5 Å². The van der Waals surface area contributed by atoms with Crippen molar-refractivity contribution in [2.45, 2.75) is 12.5 Å². The lowest BCUT2D eigenvalue weighted by Gasteiger charge is -2.14. The van der Waals surface area contributed by atoms with Crippen molar-refractivity contribution < 1.29 is 54.2 Å². The summed E-state index contributed by atoms with van der Waals surface area (Å²) in [5.74, 6) is -7.68. The molecule has 140 valence electrons. The molecule has 0 unspecified atom stereocenters. The summed E-state index contributed by atoms with van der Waals surface area (Å²) < 4.78 is 120. The van der Waals surface area contributed by atoms with Crippen LogP contribution in [0, 0.1) is 5.82 Å². The molecule has 11 heteroatoms. The van der Waals surface area contributed by atoms with Crippen molar-refractivity contribution in [1.29, 1.82) is 0 Å². The molecule has 0 aliphatic heterocycles. The van der Waals surface area contributed by atoms with Crippen molar-refractivity contribution in [3.05, 3.63) is 53.3 Å². The smallest absolute Gasteiger partial charge is 0.477 e. The molecule has 2 aromatic carbocycles. The van der Waals surface area contributed by atoms with Crippen LogP contribution in [0.25, 0.3) is 0 Å². The zero-order valence-electron chi connectivity index (χ0n) is 15.0. The average molecular weight is 387 g/mol. The number of benzene rings is 2. The number of aromatic carboxylic acids is 1. The number of ether oxygens (including phenoxy) is 2. The van der Waals surface area contributed by atoms with Crippen LogP contribution in [0.4, 0.5) is 30.7 Å². The number of hydrogen-bond donors (Lipinski definition) is 1. The Morgan fingerprint density at radius 1 is 1.00 bits per heavy atom. The molecule has 0 fully saturated rings. The number of alkyl halides is 6. The zero-order valence-corrected chi connectivity index (χ0v) is 12.0. The van der Waals surface area contributed by atoms with Gasteiger partial charge in [-0.15, -0.1) is 13.2 Å². The van der Waals surface area contributed by atoms with Crippen molar-refractivity contribution in [3.8, 4) is 17.2 Å². The van der Waals surface area contributed by atoms with Gasteiger partial charge in [0.25, 0.3) is 0 Å². The molecule has 26 heavy (non-hydrogen) atoms. The van der Waals surface area contributed by atoms with Crippen LogP contribution in [0.15, 0.2) is 36.3 Å². The van der Waals surface area contributed by atoms with Gasteiger partial charge in [-0.05, 0) is 36.3 Å². The second kappa shape index (κ2) is 6.73. The molecule has 0 atom stereocenters. The maximum absolute atomic E-state index is 14.1. The lowest BCUT2D eigenvalue weighted by molar-refractivity contribution is -0.274. The van der Waals surface area contributed by atoms with Crippen molar-refractivity contribution in [3.63, 3.8) is 0 Å². The molecular formula is C15H7F7O4. The highest BCUT2D eigenvalue weighted by Gasteiger charge is 2.37. The fraction of sp³-hybridized carbons (Fsp3) is 0.133. The first kappa shape index (κ1) is 15.3. The molecule has 1 N–H and O–H groups in total. The maximum atomic E-state index is 14.1. The monoisotopic (exact) mass is 387 g/mol. The number of carboxylic acid groups (broad SMARTS) is 1. The lowest BCUT2D eigenvalue weighted by atomic mass is 10.1. The third-order valence-corrected chi connectivity index (χ3v) is 2.69. The topological polar surface area (TPSA) is 55.8 Å². The van der Waals surface area contributed by atoms with Crippen LogP contribution in [-0.4, -0.2) is 17.4 Å². The molecule has 0 aromatic heterocycles. The van der Waals surface area contributed by atoms with E-state index < -0.39 is 70.8 Å². The summed E-state index contributed by atoms with van der Waals surface area (Å²) in [4.78, 5) is 11.2. The Morgan fingerprint density at radius 2 is 1.62 bits per heavy atom. The van der Waals surface area contributed by atoms with Gasteiger partial charge in [0.2, 0.25) is 0 Å². The lowest BCUT2D eigenvalue weighted by Crippen LogP contribution is -2.17. The van der Waals surface area contributed by atoms with Crippen LogP contribution in [0.1, 0.15) is 20.0 Å². The third-order valence-electron chi connectivity index (χ3n) is 2.69. The Morgan fingerprint density at radius 3 is 2.15 bits per heavy atom. The Labute approximate surface area is 144 Å². The minimum atomic E-state index is -5.25. The molecule has 0 bridgehead atoms. The summed E-state index contributed by atoms with van der Waals surface area (Å²) in [7, 11) is 0. The highest BCUT2D eigenvalue weighted by Crippen LogP contribution is 2.37. The molecule has 0 aliphatic carbocycles. The second-order valence-corrected chi connectivity index (χ2v) is 4.49. The van der Waals surface area contributed by atoms with Gasteiger partial charge in [-0.1, -0.05) is 0 Å². The van der Waals surface area contributed by atoms with Gasteiger partial charge in [-0.3, -0.25) is 0 Å². The van der Waals surface area contributed by atoms with Crippen molar-refractivity contribution in [1.82, 2.24) is 0 Å². The van der Waals surface area contributed by atoms with Crippen LogP contribution >= 0.6 is 0 Å². The maximum Gasteiger partial charge on any atom is 0.573 e. The van der Waals surface area contributed by atoms with E-state index in [-0.39, 0.29) is 6.07 Å². The van der Waals surface area contributed by atoms with Crippen LogP contribution in [0.5, 0.6) is 17.2 Å². The molecular weight excluding hydrogens is 377 g/mol. The van der Waals surface area contributed by atoms with Gasteiger partial charge in [-0.25, -0.2) is 9.18 Å². The molecule has 0 radical (unpaired) electrons. The van der Waals surface area contributed by atoms with E-state index in [1.165, 1.54) is 0 Å². The summed E-state index contributed by atoms with van der Waals surface area (Å²) in [5, 5.41) is 9.02. The van der Waals surface area contributed by atoms with Gasteiger partial charge < -0.3 is 14.6 Å². The number of carboxylic acids is 1. The van der Waals surface area contributed by atoms with E-state index >= 15 is 0 Å². The fourth-order valence-corrected chi connectivity index (χ4v) is 1.73. The van der Waals surface area contributed by atoms with E-state index in [2.05, 4.69) is 4.74 Å². The third kappa shape index (κ3) is 4.55. The number of halogens is 7. The van der Waals surface area contributed by atoms with E-state index in [9.17, 15) is 35.5 Å². The Balaban J connectivity index is 2.59. The highest BCUT2D eigenvalue weighted by atomic mass is 19.4. The molecule has 0 aliphatic rings. The molecule has 2 aromatic rings. The SMILES string of the molecule is [2H]c1cc(OC(F)(F)F)c([2H])c([2H])c1Oc1ccc(C(F)(F)F)c(F)c1C(=O)O. The Kier molecular flexibility index (Phi) is 3.96. The van der Waals surface area contributed by atoms with Crippen LogP contribution < -0.4 is 9.47 Å². The molecule has 0 amide bonds. The first-order chi connectivity index (χ1) is 13.1. The van der Waals surface area contributed by atoms with Gasteiger partial charge in [0, 0.05) is 0 Å². The molecule has 4 nitrogen and oxygen atoms in total. The zero-order chi connectivity index (χ0) is 22.3. The van der Waals surface area contributed by atoms with Crippen LogP contribution in [-0.2, 0) is 6.18 Å². The summed E-state index contributed by atoms with van der Waals surface area (Å²) in [6.07, 6.45) is -10.5. The minimum Gasteiger partial charge on any atom is -0.477 e. The number of rotatable bonds is 4. The molecule has 0 saturated carbocycles. The summed E-state index contributed by atoms with van der Waals surface area (Å²) >= 11 is 0. The van der Waals surface area contributed by atoms with Gasteiger partial charge in [0.15, 0.2) is 5.82 Å². The molecule has 2 rings (SSSR count). The normalized spacial score (nSPS) is 13.6. The van der Waals surface area contributed by atoms with E-state index in [0.717, 1.165) is 0 Å². The van der Waals surface area contributed by atoms with E-state index in [0.29, 0.717) is 12.1 Å². The highest BCUT2D eigenvalue weighted by molar-refractivity contribution is 5.91. The Bertz CT molecular complexity index is 974. The fourth-order valence-electron chi connectivity index (χ4n) is 1.73. The largest absolute Gasteiger partial charge is 0.573 e. The van der Waals surface area contributed by atoms with Crippen molar-refractivity contribution in [2.24, 2.45) is 0 Å². The van der Waals surface area contributed by atoms with E-state index in [4.69, 9.17) is 14.0 Å². The molecule has 0 heterocycles.